The molecular weight excluding hydrogens is 145 g/mol. The monoisotopic (exact) mass is 166 g/mol. The largest absolute Gasteiger partial charge is 0.376 e. The molecule has 0 spiro atoms. The van der Waals surface area contributed by atoms with Crippen LogP contribution in [0.25, 0.3) is 0 Å². The molecule has 0 aromatic carbocycles. The summed E-state index contributed by atoms with van der Waals surface area (Å²) in [6, 6.07) is 0. The molecular formula is C8H21FNO+. The highest BCUT2D eigenvalue weighted by atomic mass is 19.1. The average Bonchev–Trinajstić information content (AvgIpc) is 1.90. The lowest BCUT2D eigenvalue weighted by Gasteiger charge is -2.23. The van der Waals surface area contributed by atoms with Gasteiger partial charge in [-0.25, -0.2) is 0 Å². The highest BCUT2D eigenvalue weighted by Crippen LogP contribution is 1.88. The zero-order valence-corrected chi connectivity index (χ0v) is 8.35. The third-order valence-corrected chi connectivity index (χ3v) is 1.11. The maximum atomic E-state index is 9.50. The molecule has 70 valence electrons. The first kappa shape index (κ1) is 13.4. The van der Waals surface area contributed by atoms with Crippen molar-refractivity contribution in [2.75, 3.05) is 48.1 Å². The van der Waals surface area contributed by atoms with Gasteiger partial charge in [-0.2, -0.15) is 0 Å². The van der Waals surface area contributed by atoms with Crippen molar-refractivity contribution in [1.29, 1.82) is 0 Å². The predicted octanol–water partition coefficient (Wildman–Crippen LogP) is 1.31. The summed E-state index contributed by atoms with van der Waals surface area (Å²) < 4.78 is 15.7. The van der Waals surface area contributed by atoms with Crippen molar-refractivity contribution >= 4 is 0 Å². The third kappa shape index (κ3) is 17.7. The fourth-order valence-electron chi connectivity index (χ4n) is 0.483. The van der Waals surface area contributed by atoms with Crippen molar-refractivity contribution in [2.24, 2.45) is 0 Å². The van der Waals surface area contributed by atoms with E-state index in [-0.39, 0.29) is 0 Å². The van der Waals surface area contributed by atoms with Crippen molar-refractivity contribution in [3.8, 4) is 0 Å². The van der Waals surface area contributed by atoms with Crippen LogP contribution in [-0.2, 0) is 4.74 Å². The number of hydrogen-bond acceptors (Lipinski definition) is 1. The fourth-order valence-corrected chi connectivity index (χ4v) is 0.483. The molecule has 0 N–H and O–H groups in total. The molecule has 0 rings (SSSR count). The topological polar surface area (TPSA) is 9.23 Å². The van der Waals surface area contributed by atoms with Gasteiger partial charge >= 0.3 is 0 Å². The highest BCUT2D eigenvalue weighted by molar-refractivity contribution is 4.25. The predicted molar refractivity (Wildman–Crippen MR) is 46.4 cm³/mol. The van der Waals surface area contributed by atoms with Gasteiger partial charge in [-0.05, 0) is 6.92 Å². The first-order valence-corrected chi connectivity index (χ1v) is 3.82. The number of ether oxygens (including phenoxy) is 1. The van der Waals surface area contributed by atoms with E-state index in [2.05, 4.69) is 21.1 Å². The Labute approximate surface area is 69.5 Å². The van der Waals surface area contributed by atoms with E-state index in [0.717, 1.165) is 24.2 Å². The number of alkyl halides is 1. The van der Waals surface area contributed by atoms with Gasteiger partial charge < -0.3 is 9.22 Å². The van der Waals surface area contributed by atoms with Gasteiger partial charge in [0.15, 0.2) is 0 Å². The third-order valence-electron chi connectivity index (χ3n) is 1.11. The van der Waals surface area contributed by atoms with Gasteiger partial charge in [-0.1, -0.05) is 0 Å². The summed E-state index contributed by atoms with van der Waals surface area (Å²) in [5.41, 5.74) is 0. The van der Waals surface area contributed by atoms with Crippen LogP contribution in [0.5, 0.6) is 0 Å². The first-order valence-electron chi connectivity index (χ1n) is 3.82. The second-order valence-electron chi connectivity index (χ2n) is 3.21. The van der Waals surface area contributed by atoms with E-state index in [0.29, 0.717) is 7.18 Å². The van der Waals surface area contributed by atoms with Crippen LogP contribution in [0.3, 0.4) is 0 Å². The summed E-state index contributed by atoms with van der Waals surface area (Å²) in [5, 5.41) is 0. The summed E-state index contributed by atoms with van der Waals surface area (Å²) >= 11 is 0. The molecule has 3 heteroatoms. The zero-order chi connectivity index (χ0) is 9.33. The Morgan fingerprint density at radius 3 is 1.91 bits per heavy atom. The molecule has 0 aliphatic heterocycles. The summed E-state index contributed by atoms with van der Waals surface area (Å²) in [6.45, 7) is 4.82. The Kier molecular flexibility index (Phi) is 9.72. The maximum absolute atomic E-state index is 9.50. The maximum Gasteiger partial charge on any atom is 0.102 e. The Morgan fingerprint density at radius 1 is 1.18 bits per heavy atom. The van der Waals surface area contributed by atoms with E-state index in [1.165, 1.54) is 0 Å². The summed E-state index contributed by atoms with van der Waals surface area (Å²) in [6.07, 6.45) is 0. The van der Waals surface area contributed by atoms with Gasteiger partial charge in [-0.3, -0.25) is 4.39 Å². The molecule has 0 fully saturated rings. The quantitative estimate of drug-likeness (QED) is 0.452. The Hall–Kier alpha value is -0.150. The first-order chi connectivity index (χ1) is 5.06. The normalized spacial score (nSPS) is 10.4. The number of quaternary nitrogens is 1. The zero-order valence-electron chi connectivity index (χ0n) is 8.35. The van der Waals surface area contributed by atoms with Crippen LogP contribution >= 0.6 is 0 Å². The molecule has 0 bridgehead atoms. The SMILES string of the molecule is CCOCC[N+](C)(C)C.CF. The molecule has 0 unspecified atom stereocenters. The molecule has 0 aliphatic carbocycles. The Balaban J connectivity index is 0. The molecule has 2 nitrogen and oxygen atoms in total. The number of hydrogen-bond donors (Lipinski definition) is 0. The summed E-state index contributed by atoms with van der Waals surface area (Å²) in [5.74, 6) is 0. The average molecular weight is 166 g/mol. The van der Waals surface area contributed by atoms with Gasteiger partial charge in [0.25, 0.3) is 0 Å². The van der Waals surface area contributed by atoms with E-state index in [4.69, 9.17) is 4.74 Å². The van der Waals surface area contributed by atoms with Crippen molar-refractivity contribution in [2.45, 2.75) is 6.92 Å². The molecule has 0 aromatic rings. The second kappa shape index (κ2) is 7.95. The van der Waals surface area contributed by atoms with Crippen molar-refractivity contribution in [3.63, 3.8) is 0 Å². The van der Waals surface area contributed by atoms with Crippen LogP contribution in [0.2, 0.25) is 0 Å². The number of likely N-dealkylation sites (N-methyl/N-ethyl adjacent to an activating group) is 1. The van der Waals surface area contributed by atoms with E-state index < -0.39 is 0 Å². The van der Waals surface area contributed by atoms with Gasteiger partial charge in [0.1, 0.15) is 6.54 Å². The van der Waals surface area contributed by atoms with Crippen LogP contribution < -0.4 is 0 Å². The number of rotatable bonds is 4. The van der Waals surface area contributed by atoms with E-state index in [1.54, 1.807) is 0 Å². The van der Waals surface area contributed by atoms with Crippen LogP contribution in [0.4, 0.5) is 4.39 Å². The molecule has 0 aliphatic rings. The van der Waals surface area contributed by atoms with Crippen LogP contribution in [0.15, 0.2) is 0 Å². The van der Waals surface area contributed by atoms with Gasteiger partial charge in [0.2, 0.25) is 0 Å². The molecule has 0 radical (unpaired) electrons. The minimum absolute atomic E-state index is 0.500. The molecule has 11 heavy (non-hydrogen) atoms. The van der Waals surface area contributed by atoms with Crippen LogP contribution in [-0.4, -0.2) is 52.6 Å². The van der Waals surface area contributed by atoms with E-state index in [9.17, 15) is 4.39 Å². The molecule has 0 saturated heterocycles. The standard InChI is InChI=1S/C7H18NO.CH3F/c1-5-9-7-6-8(2,3)4;1-2/h5-7H2,1-4H3;1H3/q+1;. The summed E-state index contributed by atoms with van der Waals surface area (Å²) in [7, 11) is 7.00. The van der Waals surface area contributed by atoms with Gasteiger partial charge in [0.05, 0.1) is 34.9 Å². The van der Waals surface area contributed by atoms with Gasteiger partial charge in [0, 0.05) is 6.61 Å². The van der Waals surface area contributed by atoms with E-state index >= 15 is 0 Å². The Morgan fingerprint density at radius 2 is 1.64 bits per heavy atom. The highest BCUT2D eigenvalue weighted by Gasteiger charge is 2.04. The molecule has 0 amide bonds. The van der Waals surface area contributed by atoms with Crippen LogP contribution in [0, 0.1) is 0 Å². The molecule has 0 aromatic heterocycles. The second-order valence-corrected chi connectivity index (χ2v) is 3.21. The Bertz CT molecular complexity index is 71.0. The number of halogens is 1. The molecule has 0 saturated carbocycles. The minimum atomic E-state index is 0.500. The van der Waals surface area contributed by atoms with E-state index in [1.807, 2.05) is 6.92 Å². The lowest BCUT2D eigenvalue weighted by Crippen LogP contribution is -2.37. The molecule has 0 heterocycles. The molecule has 0 atom stereocenters. The minimum Gasteiger partial charge on any atom is -0.376 e. The van der Waals surface area contributed by atoms with Crippen molar-refractivity contribution in [3.05, 3.63) is 0 Å². The van der Waals surface area contributed by atoms with Crippen LogP contribution in [0.1, 0.15) is 6.92 Å². The fraction of sp³-hybridized carbons (Fsp3) is 1.00. The van der Waals surface area contributed by atoms with Crippen molar-refractivity contribution < 1.29 is 13.6 Å². The number of nitrogens with zero attached hydrogens (tertiary/aromatic N) is 1. The lowest BCUT2D eigenvalue weighted by atomic mass is 10.5. The summed E-state index contributed by atoms with van der Waals surface area (Å²) in [4.78, 5) is 0. The lowest BCUT2D eigenvalue weighted by molar-refractivity contribution is -0.870. The van der Waals surface area contributed by atoms with Gasteiger partial charge in [-0.15, -0.1) is 0 Å². The smallest absolute Gasteiger partial charge is 0.102 e. The van der Waals surface area contributed by atoms with Crippen molar-refractivity contribution in [1.82, 2.24) is 0 Å².